The van der Waals surface area contributed by atoms with Crippen molar-refractivity contribution in [3.63, 3.8) is 0 Å². The van der Waals surface area contributed by atoms with Crippen LogP contribution in [-0.4, -0.2) is 26.0 Å². The van der Waals surface area contributed by atoms with Crippen LogP contribution < -0.4 is 4.74 Å². The topological polar surface area (TPSA) is 65.7 Å². The summed E-state index contributed by atoms with van der Waals surface area (Å²) < 4.78 is 15.5. The third kappa shape index (κ3) is 3.01. The van der Waals surface area contributed by atoms with Gasteiger partial charge < -0.3 is 13.9 Å². The van der Waals surface area contributed by atoms with Crippen molar-refractivity contribution >= 4 is 22.7 Å². The van der Waals surface area contributed by atoms with E-state index in [0.29, 0.717) is 22.5 Å². The lowest BCUT2D eigenvalue weighted by Gasteiger charge is -2.01. The number of carbonyl (C=O) groups is 2. The monoisotopic (exact) mass is 324 g/mol. The third-order valence-corrected chi connectivity index (χ3v) is 3.76. The maximum absolute atomic E-state index is 12.6. The summed E-state index contributed by atoms with van der Waals surface area (Å²) in [5.74, 6) is 0.323. The largest absolute Gasteiger partial charge is 0.497 e. The fourth-order valence-electron chi connectivity index (χ4n) is 2.49. The molecule has 0 fully saturated rings. The van der Waals surface area contributed by atoms with E-state index in [0.717, 1.165) is 5.39 Å². The molecule has 24 heavy (non-hydrogen) atoms. The van der Waals surface area contributed by atoms with Gasteiger partial charge in [-0.25, -0.2) is 0 Å². The van der Waals surface area contributed by atoms with Crippen molar-refractivity contribution in [3.05, 3.63) is 65.4 Å². The van der Waals surface area contributed by atoms with Crippen LogP contribution in [0.25, 0.3) is 11.0 Å². The van der Waals surface area contributed by atoms with E-state index in [1.807, 2.05) is 12.1 Å². The second-order valence-corrected chi connectivity index (χ2v) is 5.26. The minimum absolute atomic E-state index is 0.0948. The van der Waals surface area contributed by atoms with Gasteiger partial charge in [0.1, 0.15) is 11.3 Å². The number of fused-ring (bicyclic) bond motifs is 1. The summed E-state index contributed by atoms with van der Waals surface area (Å²) in [7, 11) is 2.90. The van der Waals surface area contributed by atoms with Crippen molar-refractivity contribution in [2.24, 2.45) is 0 Å². The molecular weight excluding hydrogens is 308 g/mol. The van der Waals surface area contributed by atoms with Gasteiger partial charge in [0.2, 0.25) is 5.78 Å². The number of hydrogen-bond donors (Lipinski definition) is 0. The highest BCUT2D eigenvalue weighted by Crippen LogP contribution is 2.26. The first-order valence-corrected chi connectivity index (χ1v) is 7.39. The second kappa shape index (κ2) is 6.58. The van der Waals surface area contributed by atoms with E-state index in [4.69, 9.17) is 9.15 Å². The van der Waals surface area contributed by atoms with Gasteiger partial charge >= 0.3 is 5.97 Å². The van der Waals surface area contributed by atoms with E-state index in [-0.39, 0.29) is 23.9 Å². The van der Waals surface area contributed by atoms with Crippen molar-refractivity contribution in [1.82, 2.24) is 0 Å². The van der Waals surface area contributed by atoms with Gasteiger partial charge in [0.25, 0.3) is 0 Å². The summed E-state index contributed by atoms with van der Waals surface area (Å²) >= 11 is 0. The number of ether oxygens (including phenoxy) is 2. The molecule has 0 saturated heterocycles. The van der Waals surface area contributed by atoms with Crippen molar-refractivity contribution in [2.75, 3.05) is 14.2 Å². The van der Waals surface area contributed by atoms with Gasteiger partial charge in [-0.3, -0.25) is 9.59 Å². The summed E-state index contributed by atoms with van der Waals surface area (Å²) in [4.78, 5) is 24.1. The van der Waals surface area contributed by atoms with Crippen LogP contribution in [0.4, 0.5) is 0 Å². The minimum Gasteiger partial charge on any atom is -0.497 e. The van der Waals surface area contributed by atoms with Crippen molar-refractivity contribution in [3.8, 4) is 5.75 Å². The molecular formula is C19H16O5. The first-order valence-electron chi connectivity index (χ1n) is 7.39. The number of benzene rings is 2. The van der Waals surface area contributed by atoms with E-state index in [9.17, 15) is 9.59 Å². The molecule has 0 aliphatic carbocycles. The molecule has 5 heteroatoms. The van der Waals surface area contributed by atoms with Gasteiger partial charge in [-0.05, 0) is 30.3 Å². The van der Waals surface area contributed by atoms with Crippen molar-refractivity contribution < 1.29 is 23.5 Å². The lowest BCUT2D eigenvalue weighted by atomic mass is 10.1. The normalized spacial score (nSPS) is 10.6. The maximum atomic E-state index is 12.6. The Balaban J connectivity index is 1.96. The number of hydrogen-bond acceptors (Lipinski definition) is 5. The minimum atomic E-state index is -0.359. The fourth-order valence-corrected chi connectivity index (χ4v) is 2.49. The van der Waals surface area contributed by atoms with Crippen LogP contribution in [0.15, 0.2) is 52.9 Å². The Labute approximate surface area is 138 Å². The highest BCUT2D eigenvalue weighted by molar-refractivity contribution is 6.09. The Hall–Kier alpha value is -3.08. The van der Waals surface area contributed by atoms with Crippen LogP contribution in [0, 0.1) is 0 Å². The van der Waals surface area contributed by atoms with Gasteiger partial charge in [0, 0.05) is 16.5 Å². The van der Waals surface area contributed by atoms with E-state index >= 15 is 0 Å². The summed E-state index contributed by atoms with van der Waals surface area (Å²) in [5, 5.41) is 0.772. The number of esters is 1. The lowest BCUT2D eigenvalue weighted by Crippen LogP contribution is -2.04. The Morgan fingerprint density at radius 1 is 1.04 bits per heavy atom. The van der Waals surface area contributed by atoms with Crippen LogP contribution in [0.2, 0.25) is 0 Å². The molecule has 3 aromatic rings. The molecule has 0 N–H and O–H groups in total. The number of methoxy groups -OCH3 is 2. The Morgan fingerprint density at radius 3 is 2.46 bits per heavy atom. The molecule has 2 aromatic carbocycles. The summed E-state index contributed by atoms with van der Waals surface area (Å²) in [6, 6.07) is 13.9. The molecule has 0 amide bonds. The molecule has 0 atom stereocenters. The number of para-hydroxylation sites is 1. The molecule has 0 unspecified atom stereocenters. The quantitative estimate of drug-likeness (QED) is 0.532. The average molecular weight is 324 g/mol. The predicted octanol–water partition coefficient (Wildman–Crippen LogP) is 3.39. The molecule has 0 radical (unpaired) electrons. The summed E-state index contributed by atoms with van der Waals surface area (Å²) in [6.07, 6.45) is 0.0948. The van der Waals surface area contributed by atoms with Crippen molar-refractivity contribution in [1.29, 1.82) is 0 Å². The number of ketones is 1. The van der Waals surface area contributed by atoms with E-state index in [2.05, 4.69) is 4.74 Å². The first-order chi connectivity index (χ1) is 11.6. The fraction of sp³-hybridized carbons (Fsp3) is 0.158. The van der Waals surface area contributed by atoms with Crippen LogP contribution >= 0.6 is 0 Å². The molecule has 0 spiro atoms. The molecule has 3 rings (SSSR count). The van der Waals surface area contributed by atoms with Crippen LogP contribution in [0.3, 0.4) is 0 Å². The van der Waals surface area contributed by atoms with Crippen molar-refractivity contribution in [2.45, 2.75) is 6.42 Å². The highest BCUT2D eigenvalue weighted by Gasteiger charge is 2.17. The van der Waals surface area contributed by atoms with Gasteiger partial charge in [-0.15, -0.1) is 0 Å². The number of carbonyl (C=O) groups excluding carboxylic acids is 2. The standard InChI is InChI=1S/C19H16O5/c1-22-15-8-6-12(7-9-15)18(21)16-10-13-4-3-5-14(19(13)24-16)11-17(20)23-2/h3-10H,11H2,1-2H3. The maximum Gasteiger partial charge on any atom is 0.310 e. The number of rotatable bonds is 5. The second-order valence-electron chi connectivity index (χ2n) is 5.26. The van der Waals surface area contributed by atoms with Gasteiger partial charge in [-0.2, -0.15) is 0 Å². The van der Waals surface area contributed by atoms with E-state index < -0.39 is 0 Å². The Bertz CT molecular complexity index is 890. The number of furan rings is 1. The van der Waals surface area contributed by atoms with Gasteiger partial charge in [0.15, 0.2) is 5.76 Å². The van der Waals surface area contributed by atoms with Crippen LogP contribution in [-0.2, 0) is 16.0 Å². The highest BCUT2D eigenvalue weighted by atomic mass is 16.5. The van der Waals surface area contributed by atoms with Gasteiger partial charge in [-0.1, -0.05) is 18.2 Å². The average Bonchev–Trinajstić information content (AvgIpc) is 3.06. The molecule has 0 aliphatic rings. The first kappa shape index (κ1) is 15.8. The SMILES string of the molecule is COC(=O)Cc1cccc2cc(C(=O)c3ccc(OC)cc3)oc12. The smallest absolute Gasteiger partial charge is 0.310 e. The summed E-state index contributed by atoms with van der Waals surface area (Å²) in [5.41, 5.74) is 1.72. The summed E-state index contributed by atoms with van der Waals surface area (Å²) in [6.45, 7) is 0. The van der Waals surface area contributed by atoms with E-state index in [1.165, 1.54) is 7.11 Å². The van der Waals surface area contributed by atoms with Crippen LogP contribution in [0.1, 0.15) is 21.7 Å². The zero-order valence-corrected chi connectivity index (χ0v) is 13.4. The zero-order valence-electron chi connectivity index (χ0n) is 13.4. The molecule has 122 valence electrons. The van der Waals surface area contributed by atoms with Crippen LogP contribution in [0.5, 0.6) is 5.75 Å². The predicted molar refractivity (Wildman–Crippen MR) is 88.4 cm³/mol. The molecule has 1 heterocycles. The molecule has 0 bridgehead atoms. The van der Waals surface area contributed by atoms with Gasteiger partial charge in [0.05, 0.1) is 20.6 Å². The Kier molecular flexibility index (Phi) is 4.33. The lowest BCUT2D eigenvalue weighted by molar-refractivity contribution is -0.139. The molecule has 0 aliphatic heterocycles. The zero-order chi connectivity index (χ0) is 17.1. The molecule has 5 nitrogen and oxygen atoms in total. The molecule has 0 saturated carbocycles. The molecule has 1 aromatic heterocycles. The Morgan fingerprint density at radius 2 is 1.79 bits per heavy atom. The van der Waals surface area contributed by atoms with E-state index in [1.54, 1.807) is 43.5 Å². The third-order valence-electron chi connectivity index (χ3n) is 3.76.